The Morgan fingerprint density at radius 3 is 2.48 bits per heavy atom. The van der Waals surface area contributed by atoms with Gasteiger partial charge in [0.15, 0.2) is 11.5 Å². The van der Waals surface area contributed by atoms with Gasteiger partial charge in [0, 0.05) is 17.4 Å². The number of anilines is 2. The summed E-state index contributed by atoms with van der Waals surface area (Å²) < 4.78 is 34.0. The lowest BCUT2D eigenvalue weighted by molar-refractivity contribution is -0.114. The van der Waals surface area contributed by atoms with Gasteiger partial charge in [-0.15, -0.1) is 0 Å². The SMILES string of the molecule is COc1ccc(NCC(=O)Nc2ccccc2)cc1OC(F)F. The van der Waals surface area contributed by atoms with Crippen LogP contribution in [0.15, 0.2) is 48.5 Å². The van der Waals surface area contributed by atoms with E-state index in [1.54, 1.807) is 30.3 Å². The lowest BCUT2D eigenvalue weighted by atomic mass is 10.2. The smallest absolute Gasteiger partial charge is 0.387 e. The molecule has 23 heavy (non-hydrogen) atoms. The topological polar surface area (TPSA) is 59.6 Å². The molecule has 0 fully saturated rings. The number of hydrogen-bond acceptors (Lipinski definition) is 4. The Morgan fingerprint density at radius 2 is 1.83 bits per heavy atom. The van der Waals surface area contributed by atoms with Crippen LogP contribution in [0.1, 0.15) is 0 Å². The van der Waals surface area contributed by atoms with E-state index in [0.29, 0.717) is 11.4 Å². The second-order valence-electron chi connectivity index (χ2n) is 4.51. The summed E-state index contributed by atoms with van der Waals surface area (Å²) in [4.78, 5) is 11.8. The molecule has 2 N–H and O–H groups in total. The van der Waals surface area contributed by atoms with Crippen molar-refractivity contribution in [1.29, 1.82) is 0 Å². The molecule has 0 radical (unpaired) electrons. The molecule has 1 amide bonds. The number of nitrogens with one attached hydrogen (secondary N) is 2. The molecule has 2 aromatic rings. The van der Waals surface area contributed by atoms with E-state index in [0.717, 1.165) is 0 Å². The highest BCUT2D eigenvalue weighted by molar-refractivity contribution is 5.93. The van der Waals surface area contributed by atoms with Gasteiger partial charge in [0.25, 0.3) is 0 Å². The van der Waals surface area contributed by atoms with Crippen LogP contribution in [0, 0.1) is 0 Å². The molecule has 0 heterocycles. The fourth-order valence-corrected chi connectivity index (χ4v) is 1.88. The molecule has 0 aliphatic heterocycles. The molecule has 2 rings (SSSR count). The maximum absolute atomic E-state index is 12.4. The number of benzene rings is 2. The number of halogens is 2. The van der Waals surface area contributed by atoms with Crippen LogP contribution in [-0.2, 0) is 4.79 Å². The summed E-state index contributed by atoms with van der Waals surface area (Å²) >= 11 is 0. The van der Waals surface area contributed by atoms with Gasteiger partial charge in [-0.3, -0.25) is 4.79 Å². The fraction of sp³-hybridized carbons (Fsp3) is 0.188. The summed E-state index contributed by atoms with van der Waals surface area (Å²) in [7, 11) is 1.36. The molecule has 2 aromatic carbocycles. The summed E-state index contributed by atoms with van der Waals surface area (Å²) in [6, 6.07) is 13.4. The average molecular weight is 322 g/mol. The van der Waals surface area contributed by atoms with Crippen molar-refractivity contribution in [3.63, 3.8) is 0 Å². The number of alkyl halides is 2. The lowest BCUT2D eigenvalue weighted by Gasteiger charge is -2.12. The quantitative estimate of drug-likeness (QED) is 0.821. The van der Waals surface area contributed by atoms with Gasteiger partial charge in [0.2, 0.25) is 5.91 Å². The van der Waals surface area contributed by atoms with Crippen LogP contribution in [0.4, 0.5) is 20.2 Å². The predicted molar refractivity (Wildman–Crippen MR) is 83.2 cm³/mol. The summed E-state index contributed by atoms with van der Waals surface area (Å²) in [5.74, 6) is -0.177. The molecule has 122 valence electrons. The van der Waals surface area contributed by atoms with Crippen LogP contribution >= 0.6 is 0 Å². The van der Waals surface area contributed by atoms with E-state index in [-0.39, 0.29) is 24.0 Å². The van der Waals surface area contributed by atoms with Crippen molar-refractivity contribution in [3.05, 3.63) is 48.5 Å². The number of amides is 1. The zero-order valence-corrected chi connectivity index (χ0v) is 12.4. The summed E-state index contributed by atoms with van der Waals surface area (Å²) in [5.41, 5.74) is 1.14. The number of carbonyl (C=O) groups is 1. The van der Waals surface area contributed by atoms with Gasteiger partial charge < -0.3 is 20.1 Å². The van der Waals surface area contributed by atoms with Crippen molar-refractivity contribution in [1.82, 2.24) is 0 Å². The van der Waals surface area contributed by atoms with E-state index >= 15 is 0 Å². The number of ether oxygens (including phenoxy) is 2. The molecular weight excluding hydrogens is 306 g/mol. The maximum atomic E-state index is 12.4. The van der Waals surface area contributed by atoms with Crippen molar-refractivity contribution in [3.8, 4) is 11.5 Å². The summed E-state index contributed by atoms with van der Waals surface area (Å²) in [6.07, 6.45) is 0. The molecular formula is C16H16F2N2O3. The van der Waals surface area contributed by atoms with Crippen LogP contribution in [0.25, 0.3) is 0 Å². The highest BCUT2D eigenvalue weighted by Gasteiger charge is 2.11. The van der Waals surface area contributed by atoms with Crippen LogP contribution in [0.3, 0.4) is 0 Å². The Bertz CT molecular complexity index is 651. The number of methoxy groups -OCH3 is 1. The minimum Gasteiger partial charge on any atom is -0.493 e. The highest BCUT2D eigenvalue weighted by atomic mass is 19.3. The van der Waals surface area contributed by atoms with Gasteiger partial charge in [-0.1, -0.05) is 18.2 Å². The molecule has 0 aliphatic carbocycles. The molecule has 5 nitrogen and oxygen atoms in total. The van der Waals surface area contributed by atoms with E-state index in [2.05, 4.69) is 15.4 Å². The maximum Gasteiger partial charge on any atom is 0.387 e. The zero-order valence-electron chi connectivity index (χ0n) is 12.4. The Hall–Kier alpha value is -2.83. The third-order valence-corrected chi connectivity index (χ3v) is 2.89. The average Bonchev–Trinajstić information content (AvgIpc) is 2.53. The van der Waals surface area contributed by atoms with Crippen LogP contribution in [0.2, 0.25) is 0 Å². The summed E-state index contributed by atoms with van der Waals surface area (Å²) in [6.45, 7) is -2.98. The molecule has 0 aliphatic rings. The van der Waals surface area contributed by atoms with Crippen molar-refractivity contribution in [2.45, 2.75) is 6.61 Å². The first-order valence-corrected chi connectivity index (χ1v) is 6.80. The minimum absolute atomic E-state index is 0.0185. The van der Waals surface area contributed by atoms with Crippen LogP contribution in [0.5, 0.6) is 11.5 Å². The second-order valence-corrected chi connectivity index (χ2v) is 4.51. The predicted octanol–water partition coefficient (Wildman–Crippen LogP) is 3.35. The Morgan fingerprint density at radius 1 is 1.09 bits per heavy atom. The first-order chi connectivity index (χ1) is 11.1. The standard InChI is InChI=1S/C16H16F2N2O3/c1-22-13-8-7-12(9-14(13)23-16(17)18)19-10-15(21)20-11-5-3-2-4-6-11/h2-9,16,19H,10H2,1H3,(H,20,21). The zero-order chi connectivity index (χ0) is 16.7. The molecule has 0 saturated heterocycles. The minimum atomic E-state index is -2.96. The molecule has 0 aromatic heterocycles. The first-order valence-electron chi connectivity index (χ1n) is 6.80. The van der Waals surface area contributed by atoms with Crippen molar-refractivity contribution < 1.29 is 23.0 Å². The van der Waals surface area contributed by atoms with E-state index < -0.39 is 6.61 Å². The van der Waals surface area contributed by atoms with Crippen molar-refractivity contribution >= 4 is 17.3 Å². The van der Waals surface area contributed by atoms with Crippen molar-refractivity contribution in [2.24, 2.45) is 0 Å². The highest BCUT2D eigenvalue weighted by Crippen LogP contribution is 2.31. The molecule has 0 atom stereocenters. The Balaban J connectivity index is 1.96. The van der Waals surface area contributed by atoms with Gasteiger partial charge in [0.05, 0.1) is 13.7 Å². The second kappa shape index (κ2) is 7.98. The Kier molecular flexibility index (Phi) is 5.74. The van der Waals surface area contributed by atoms with E-state index in [9.17, 15) is 13.6 Å². The van der Waals surface area contributed by atoms with E-state index in [1.807, 2.05) is 6.07 Å². The summed E-state index contributed by atoms with van der Waals surface area (Å²) in [5, 5.41) is 5.54. The van der Waals surface area contributed by atoms with Crippen molar-refractivity contribution in [2.75, 3.05) is 24.3 Å². The number of carbonyl (C=O) groups excluding carboxylic acids is 1. The van der Waals surface area contributed by atoms with E-state index in [4.69, 9.17) is 4.74 Å². The molecule has 7 heteroatoms. The monoisotopic (exact) mass is 322 g/mol. The van der Waals surface area contributed by atoms with Gasteiger partial charge >= 0.3 is 6.61 Å². The normalized spacial score (nSPS) is 10.3. The van der Waals surface area contributed by atoms with E-state index in [1.165, 1.54) is 19.2 Å². The van der Waals surface area contributed by atoms with Gasteiger partial charge in [-0.25, -0.2) is 0 Å². The van der Waals surface area contributed by atoms with Crippen LogP contribution < -0.4 is 20.1 Å². The third kappa shape index (κ3) is 5.14. The number of rotatable bonds is 7. The van der Waals surface area contributed by atoms with Gasteiger partial charge in [-0.05, 0) is 24.3 Å². The first kappa shape index (κ1) is 16.5. The molecule has 0 unspecified atom stereocenters. The van der Waals surface area contributed by atoms with Crippen LogP contribution in [-0.4, -0.2) is 26.2 Å². The third-order valence-electron chi connectivity index (χ3n) is 2.89. The molecule has 0 bridgehead atoms. The molecule has 0 saturated carbocycles. The molecule has 0 spiro atoms. The van der Waals surface area contributed by atoms with Gasteiger partial charge in [0.1, 0.15) is 0 Å². The lowest BCUT2D eigenvalue weighted by Crippen LogP contribution is -2.21. The Labute approximate surface area is 132 Å². The fourth-order valence-electron chi connectivity index (χ4n) is 1.88. The number of hydrogen-bond donors (Lipinski definition) is 2. The largest absolute Gasteiger partial charge is 0.493 e. The van der Waals surface area contributed by atoms with Gasteiger partial charge in [-0.2, -0.15) is 8.78 Å². The number of para-hydroxylation sites is 1.